The molecule has 2 aromatic heterocycles. The van der Waals surface area contributed by atoms with Crippen LogP contribution in [0.3, 0.4) is 0 Å². The Morgan fingerprint density at radius 2 is 1.95 bits per heavy atom. The van der Waals surface area contributed by atoms with Crippen molar-refractivity contribution < 1.29 is 0 Å². The average Bonchev–Trinajstić information content (AvgIpc) is 2.77. The largest absolute Gasteiger partial charge is 0.379 e. The Balaban J connectivity index is 1.92. The summed E-state index contributed by atoms with van der Waals surface area (Å²) < 4.78 is 0. The SMILES string of the molecule is Cc1[nH]nc(CNc2cccc3c(C)nccc23)c1C. The number of nitrogens with zero attached hydrogens (tertiary/aromatic N) is 2. The summed E-state index contributed by atoms with van der Waals surface area (Å²) in [6.45, 7) is 6.88. The molecule has 1 aromatic carbocycles. The van der Waals surface area contributed by atoms with Crippen LogP contribution in [0.1, 0.15) is 22.6 Å². The number of rotatable bonds is 3. The maximum Gasteiger partial charge on any atom is 0.0844 e. The summed E-state index contributed by atoms with van der Waals surface area (Å²) in [5, 5.41) is 13.2. The molecule has 0 aliphatic heterocycles. The zero-order valence-electron chi connectivity index (χ0n) is 12.0. The number of hydrogen-bond acceptors (Lipinski definition) is 3. The first-order valence-electron chi connectivity index (χ1n) is 6.75. The number of nitrogens with one attached hydrogen (secondary N) is 2. The second-order valence-electron chi connectivity index (χ2n) is 5.07. The van der Waals surface area contributed by atoms with Crippen molar-refractivity contribution in [2.45, 2.75) is 27.3 Å². The van der Waals surface area contributed by atoms with Gasteiger partial charge in [-0.1, -0.05) is 12.1 Å². The van der Waals surface area contributed by atoms with Crippen LogP contribution in [0.5, 0.6) is 0 Å². The van der Waals surface area contributed by atoms with Crippen LogP contribution in [0, 0.1) is 20.8 Å². The van der Waals surface area contributed by atoms with Gasteiger partial charge >= 0.3 is 0 Å². The minimum atomic E-state index is 0.719. The van der Waals surface area contributed by atoms with Gasteiger partial charge in [-0.2, -0.15) is 5.10 Å². The zero-order chi connectivity index (χ0) is 14.1. The first-order valence-corrected chi connectivity index (χ1v) is 6.75. The Hall–Kier alpha value is -2.36. The van der Waals surface area contributed by atoms with E-state index in [0.717, 1.165) is 29.3 Å². The summed E-state index contributed by atoms with van der Waals surface area (Å²) in [5.41, 5.74) is 5.58. The molecule has 2 heterocycles. The van der Waals surface area contributed by atoms with E-state index >= 15 is 0 Å². The van der Waals surface area contributed by atoms with Crippen molar-refractivity contribution in [1.29, 1.82) is 0 Å². The predicted octanol–water partition coefficient (Wildman–Crippen LogP) is 3.50. The maximum atomic E-state index is 4.34. The molecule has 2 N–H and O–H groups in total. The van der Waals surface area contributed by atoms with Crippen molar-refractivity contribution in [3.8, 4) is 0 Å². The molecule has 0 spiro atoms. The lowest BCUT2D eigenvalue weighted by Crippen LogP contribution is -2.02. The lowest BCUT2D eigenvalue weighted by Gasteiger charge is -2.10. The Bertz CT molecular complexity index is 758. The highest BCUT2D eigenvalue weighted by Crippen LogP contribution is 2.25. The second kappa shape index (κ2) is 4.96. The number of H-pyrrole nitrogens is 1. The number of pyridine rings is 1. The second-order valence-corrected chi connectivity index (χ2v) is 5.07. The topological polar surface area (TPSA) is 53.6 Å². The van der Waals surface area contributed by atoms with Gasteiger partial charge in [-0.05, 0) is 38.5 Å². The fraction of sp³-hybridized carbons (Fsp3) is 0.250. The van der Waals surface area contributed by atoms with Gasteiger partial charge in [0.05, 0.1) is 12.2 Å². The van der Waals surface area contributed by atoms with Crippen LogP contribution in [0.15, 0.2) is 30.5 Å². The normalized spacial score (nSPS) is 10.9. The third-order valence-electron chi connectivity index (χ3n) is 3.81. The molecule has 4 heteroatoms. The van der Waals surface area contributed by atoms with Gasteiger partial charge in [-0.15, -0.1) is 0 Å². The molecule has 3 rings (SSSR count). The molecule has 0 aliphatic rings. The summed E-state index contributed by atoms with van der Waals surface area (Å²) in [6.07, 6.45) is 1.85. The molecule has 3 aromatic rings. The molecule has 0 radical (unpaired) electrons. The summed E-state index contributed by atoms with van der Waals surface area (Å²) >= 11 is 0. The van der Waals surface area contributed by atoms with E-state index in [9.17, 15) is 0 Å². The Labute approximate surface area is 118 Å². The number of aromatic amines is 1. The van der Waals surface area contributed by atoms with E-state index in [2.05, 4.69) is 45.6 Å². The van der Waals surface area contributed by atoms with Crippen LogP contribution >= 0.6 is 0 Å². The number of aromatic nitrogens is 3. The van der Waals surface area contributed by atoms with Crippen LogP contribution in [0.25, 0.3) is 10.8 Å². The molecule has 0 atom stereocenters. The summed E-state index contributed by atoms with van der Waals surface area (Å²) in [7, 11) is 0. The first-order chi connectivity index (χ1) is 9.66. The van der Waals surface area contributed by atoms with Gasteiger partial charge < -0.3 is 5.32 Å². The first kappa shape index (κ1) is 12.7. The molecule has 0 aliphatic carbocycles. The van der Waals surface area contributed by atoms with Gasteiger partial charge in [0.15, 0.2) is 0 Å². The smallest absolute Gasteiger partial charge is 0.0844 e. The lowest BCUT2D eigenvalue weighted by atomic mass is 10.1. The standard InChI is InChI=1S/C16H18N4/c1-10-11(2)19-20-16(10)9-18-15-6-4-5-13-12(3)17-8-7-14(13)15/h4-8,18H,9H2,1-3H3,(H,19,20). The number of anilines is 1. The van der Waals surface area contributed by atoms with Crippen molar-refractivity contribution in [1.82, 2.24) is 15.2 Å². The van der Waals surface area contributed by atoms with Crippen molar-refractivity contribution in [3.63, 3.8) is 0 Å². The maximum absolute atomic E-state index is 4.34. The molecule has 0 saturated heterocycles. The fourth-order valence-electron chi connectivity index (χ4n) is 2.39. The Morgan fingerprint density at radius 3 is 2.70 bits per heavy atom. The minimum absolute atomic E-state index is 0.719. The molecule has 0 bridgehead atoms. The predicted molar refractivity (Wildman–Crippen MR) is 81.9 cm³/mol. The van der Waals surface area contributed by atoms with E-state index < -0.39 is 0 Å². The van der Waals surface area contributed by atoms with Gasteiger partial charge in [0.2, 0.25) is 0 Å². The van der Waals surface area contributed by atoms with E-state index in [1.54, 1.807) is 0 Å². The van der Waals surface area contributed by atoms with Crippen LogP contribution in [-0.2, 0) is 6.54 Å². The Kier molecular flexibility index (Phi) is 3.14. The average molecular weight is 266 g/mol. The highest BCUT2D eigenvalue weighted by molar-refractivity contribution is 5.94. The third kappa shape index (κ3) is 2.13. The Morgan fingerprint density at radius 1 is 1.10 bits per heavy atom. The van der Waals surface area contributed by atoms with Crippen molar-refractivity contribution in [2.24, 2.45) is 0 Å². The summed E-state index contributed by atoms with van der Waals surface area (Å²) in [4.78, 5) is 4.34. The number of benzene rings is 1. The molecule has 0 unspecified atom stereocenters. The van der Waals surface area contributed by atoms with Gasteiger partial charge in [-0.25, -0.2) is 0 Å². The van der Waals surface area contributed by atoms with Crippen molar-refractivity contribution in [2.75, 3.05) is 5.32 Å². The third-order valence-corrected chi connectivity index (χ3v) is 3.81. The van der Waals surface area contributed by atoms with Gasteiger partial charge in [0.1, 0.15) is 0 Å². The molecule has 20 heavy (non-hydrogen) atoms. The van der Waals surface area contributed by atoms with E-state index in [-0.39, 0.29) is 0 Å². The van der Waals surface area contributed by atoms with E-state index in [1.165, 1.54) is 16.3 Å². The monoisotopic (exact) mass is 266 g/mol. The number of hydrogen-bond donors (Lipinski definition) is 2. The number of fused-ring (bicyclic) bond motifs is 1. The van der Waals surface area contributed by atoms with Crippen molar-refractivity contribution >= 4 is 16.5 Å². The minimum Gasteiger partial charge on any atom is -0.379 e. The molecule has 0 saturated carbocycles. The van der Waals surface area contributed by atoms with E-state index in [0.29, 0.717) is 0 Å². The lowest BCUT2D eigenvalue weighted by molar-refractivity contribution is 0.966. The van der Waals surface area contributed by atoms with Gasteiger partial charge in [0, 0.05) is 34.0 Å². The highest BCUT2D eigenvalue weighted by Gasteiger charge is 2.07. The molecule has 4 nitrogen and oxygen atoms in total. The molecular weight excluding hydrogens is 248 g/mol. The van der Waals surface area contributed by atoms with E-state index in [4.69, 9.17) is 0 Å². The molecular formula is C16H18N4. The quantitative estimate of drug-likeness (QED) is 0.763. The highest BCUT2D eigenvalue weighted by atomic mass is 15.1. The molecule has 0 fully saturated rings. The summed E-state index contributed by atoms with van der Waals surface area (Å²) in [5.74, 6) is 0. The zero-order valence-corrected chi connectivity index (χ0v) is 12.0. The number of aryl methyl sites for hydroxylation is 2. The van der Waals surface area contributed by atoms with Crippen LogP contribution in [0.2, 0.25) is 0 Å². The molecule has 102 valence electrons. The van der Waals surface area contributed by atoms with Crippen LogP contribution in [0.4, 0.5) is 5.69 Å². The summed E-state index contributed by atoms with van der Waals surface area (Å²) in [6, 6.07) is 8.30. The van der Waals surface area contributed by atoms with Crippen LogP contribution < -0.4 is 5.32 Å². The molecule has 0 amide bonds. The fourth-order valence-corrected chi connectivity index (χ4v) is 2.39. The van der Waals surface area contributed by atoms with E-state index in [1.807, 2.05) is 26.1 Å². The van der Waals surface area contributed by atoms with Gasteiger partial charge in [-0.3, -0.25) is 10.1 Å². The van der Waals surface area contributed by atoms with Crippen molar-refractivity contribution in [3.05, 3.63) is 53.1 Å². The van der Waals surface area contributed by atoms with Gasteiger partial charge in [0.25, 0.3) is 0 Å². The van der Waals surface area contributed by atoms with Crippen LogP contribution in [-0.4, -0.2) is 15.2 Å².